The van der Waals surface area contributed by atoms with Gasteiger partial charge in [-0.2, -0.15) is 0 Å². The molecule has 2 aromatic rings. The highest BCUT2D eigenvalue weighted by Gasteiger charge is 2.31. The van der Waals surface area contributed by atoms with Crippen LogP contribution in [0, 0.1) is 0 Å². The maximum absolute atomic E-state index is 13.4. The van der Waals surface area contributed by atoms with Crippen LogP contribution in [0.4, 0.5) is 4.79 Å². The SMILES string of the molecule is COc1ccc(CC(=O)N(Cc2ccccc2Cl)C2CCN(C(=O)OC(C)(C)C)CC2)cc1. The summed E-state index contributed by atoms with van der Waals surface area (Å²) in [4.78, 5) is 29.5. The molecule has 33 heavy (non-hydrogen) atoms. The van der Waals surface area contributed by atoms with Crippen molar-refractivity contribution in [3.63, 3.8) is 0 Å². The molecule has 1 heterocycles. The molecule has 7 heteroatoms. The van der Waals surface area contributed by atoms with Gasteiger partial charge in [0.05, 0.1) is 13.5 Å². The molecule has 1 saturated heterocycles. The van der Waals surface area contributed by atoms with Crippen LogP contribution in [0.1, 0.15) is 44.7 Å². The maximum atomic E-state index is 13.4. The zero-order valence-corrected chi connectivity index (χ0v) is 20.6. The number of ether oxygens (including phenoxy) is 2. The average Bonchev–Trinajstić information content (AvgIpc) is 2.78. The van der Waals surface area contributed by atoms with Crippen LogP contribution < -0.4 is 4.74 Å². The molecular weight excluding hydrogens is 440 g/mol. The molecule has 0 unspecified atom stereocenters. The Bertz CT molecular complexity index is 948. The van der Waals surface area contributed by atoms with Gasteiger partial charge in [0.15, 0.2) is 0 Å². The Hall–Kier alpha value is -2.73. The van der Waals surface area contributed by atoms with Crippen molar-refractivity contribution in [1.29, 1.82) is 0 Å². The minimum absolute atomic E-state index is 0.0192. The van der Waals surface area contributed by atoms with Crippen molar-refractivity contribution in [2.45, 2.75) is 58.2 Å². The van der Waals surface area contributed by atoms with Gasteiger partial charge in [-0.1, -0.05) is 41.9 Å². The molecule has 0 bridgehead atoms. The van der Waals surface area contributed by atoms with E-state index in [2.05, 4.69) is 0 Å². The smallest absolute Gasteiger partial charge is 0.410 e. The number of carbonyl (C=O) groups is 2. The third kappa shape index (κ3) is 7.13. The van der Waals surface area contributed by atoms with Gasteiger partial charge in [0.1, 0.15) is 11.4 Å². The van der Waals surface area contributed by atoms with Crippen molar-refractivity contribution < 1.29 is 19.1 Å². The minimum Gasteiger partial charge on any atom is -0.497 e. The number of hydrogen-bond acceptors (Lipinski definition) is 4. The zero-order chi connectivity index (χ0) is 24.0. The fourth-order valence-corrected chi connectivity index (χ4v) is 4.13. The number of likely N-dealkylation sites (tertiary alicyclic amines) is 1. The maximum Gasteiger partial charge on any atom is 0.410 e. The van der Waals surface area contributed by atoms with Gasteiger partial charge in [-0.25, -0.2) is 4.79 Å². The number of rotatable bonds is 6. The van der Waals surface area contributed by atoms with Crippen LogP contribution in [-0.4, -0.2) is 53.6 Å². The van der Waals surface area contributed by atoms with Crippen molar-refractivity contribution >= 4 is 23.6 Å². The predicted molar refractivity (Wildman–Crippen MR) is 130 cm³/mol. The van der Waals surface area contributed by atoms with Gasteiger partial charge in [-0.15, -0.1) is 0 Å². The van der Waals surface area contributed by atoms with E-state index in [4.69, 9.17) is 21.1 Å². The summed E-state index contributed by atoms with van der Waals surface area (Å²) in [5, 5.41) is 0.644. The van der Waals surface area contributed by atoms with Gasteiger partial charge in [0, 0.05) is 30.7 Å². The largest absolute Gasteiger partial charge is 0.497 e. The van der Waals surface area contributed by atoms with E-state index in [1.54, 1.807) is 12.0 Å². The topological polar surface area (TPSA) is 59.1 Å². The second kappa shape index (κ2) is 10.9. The number of piperidine rings is 1. The van der Waals surface area contributed by atoms with Crippen molar-refractivity contribution in [3.05, 3.63) is 64.7 Å². The van der Waals surface area contributed by atoms with Crippen molar-refractivity contribution in [1.82, 2.24) is 9.80 Å². The average molecular weight is 473 g/mol. The first-order chi connectivity index (χ1) is 15.7. The number of halogens is 1. The molecule has 2 amide bonds. The lowest BCUT2D eigenvalue weighted by atomic mass is 10.0. The van der Waals surface area contributed by atoms with Gasteiger partial charge in [-0.05, 0) is 62.9 Å². The van der Waals surface area contributed by atoms with Crippen LogP contribution in [0.15, 0.2) is 48.5 Å². The quantitative estimate of drug-likeness (QED) is 0.571. The highest BCUT2D eigenvalue weighted by Crippen LogP contribution is 2.25. The Morgan fingerprint density at radius 1 is 1.06 bits per heavy atom. The molecule has 0 N–H and O–H groups in total. The summed E-state index contributed by atoms with van der Waals surface area (Å²) >= 11 is 6.41. The first-order valence-electron chi connectivity index (χ1n) is 11.3. The molecule has 0 spiro atoms. The zero-order valence-electron chi connectivity index (χ0n) is 19.8. The summed E-state index contributed by atoms with van der Waals surface area (Å²) < 4.78 is 10.7. The Balaban J connectivity index is 1.72. The van der Waals surface area contributed by atoms with Crippen LogP contribution in [0.5, 0.6) is 5.75 Å². The fourth-order valence-electron chi connectivity index (χ4n) is 3.94. The van der Waals surface area contributed by atoms with Crippen molar-refractivity contribution in [2.24, 2.45) is 0 Å². The van der Waals surface area contributed by atoms with E-state index in [0.717, 1.165) is 16.9 Å². The number of benzene rings is 2. The lowest BCUT2D eigenvalue weighted by Gasteiger charge is -2.39. The normalized spacial score (nSPS) is 14.6. The lowest BCUT2D eigenvalue weighted by Crippen LogP contribution is -2.49. The molecule has 0 saturated carbocycles. The third-order valence-corrected chi connectivity index (χ3v) is 6.06. The minimum atomic E-state index is -0.529. The molecule has 1 fully saturated rings. The molecule has 0 aliphatic carbocycles. The number of amides is 2. The van der Waals surface area contributed by atoms with E-state index in [-0.39, 0.29) is 18.0 Å². The van der Waals surface area contributed by atoms with Gasteiger partial charge < -0.3 is 19.3 Å². The van der Waals surface area contributed by atoms with Crippen molar-refractivity contribution in [3.8, 4) is 5.75 Å². The second-order valence-corrected chi connectivity index (χ2v) is 9.74. The molecule has 1 aliphatic rings. The summed E-state index contributed by atoms with van der Waals surface area (Å²) in [5.41, 5.74) is 1.31. The van der Waals surface area contributed by atoms with E-state index in [0.29, 0.717) is 43.9 Å². The molecule has 6 nitrogen and oxygen atoms in total. The Kier molecular flexibility index (Phi) is 8.25. The molecule has 0 atom stereocenters. The molecule has 2 aromatic carbocycles. The van der Waals surface area contributed by atoms with E-state index in [1.165, 1.54) is 0 Å². The van der Waals surface area contributed by atoms with Crippen LogP contribution in [0.2, 0.25) is 5.02 Å². The summed E-state index contributed by atoms with van der Waals surface area (Å²) in [5.74, 6) is 0.796. The summed E-state index contributed by atoms with van der Waals surface area (Å²) in [7, 11) is 1.62. The van der Waals surface area contributed by atoms with Crippen molar-refractivity contribution in [2.75, 3.05) is 20.2 Å². The highest BCUT2D eigenvalue weighted by molar-refractivity contribution is 6.31. The number of carbonyl (C=O) groups excluding carboxylic acids is 2. The van der Waals surface area contributed by atoms with Crippen LogP contribution >= 0.6 is 11.6 Å². The predicted octanol–water partition coefficient (Wildman–Crippen LogP) is 5.32. The Morgan fingerprint density at radius 2 is 1.70 bits per heavy atom. The van der Waals surface area contributed by atoms with Gasteiger partial charge in [0.2, 0.25) is 5.91 Å². The molecule has 0 aromatic heterocycles. The first-order valence-corrected chi connectivity index (χ1v) is 11.7. The van der Waals surface area contributed by atoms with Gasteiger partial charge in [-0.3, -0.25) is 4.79 Å². The van der Waals surface area contributed by atoms with E-state index in [1.807, 2.05) is 74.2 Å². The molecule has 178 valence electrons. The first kappa shape index (κ1) is 24.9. The molecular formula is C26H33ClN2O4. The summed E-state index contributed by atoms with van der Waals surface area (Å²) in [6.07, 6.45) is 1.37. The van der Waals surface area contributed by atoms with Crippen LogP contribution in [-0.2, 0) is 22.5 Å². The number of hydrogen-bond donors (Lipinski definition) is 0. The second-order valence-electron chi connectivity index (χ2n) is 9.34. The van der Waals surface area contributed by atoms with E-state index >= 15 is 0 Å². The number of nitrogens with zero attached hydrogens (tertiary/aromatic N) is 2. The monoisotopic (exact) mass is 472 g/mol. The van der Waals surface area contributed by atoms with Crippen LogP contribution in [0.25, 0.3) is 0 Å². The van der Waals surface area contributed by atoms with E-state index < -0.39 is 5.60 Å². The molecule has 0 radical (unpaired) electrons. The van der Waals surface area contributed by atoms with Gasteiger partial charge >= 0.3 is 6.09 Å². The molecule has 3 rings (SSSR count). The van der Waals surface area contributed by atoms with E-state index in [9.17, 15) is 9.59 Å². The Labute approximate surface area is 201 Å². The summed E-state index contributed by atoms with van der Waals surface area (Å²) in [6, 6.07) is 15.2. The third-order valence-electron chi connectivity index (χ3n) is 5.69. The van der Waals surface area contributed by atoms with Crippen LogP contribution in [0.3, 0.4) is 0 Å². The van der Waals surface area contributed by atoms with Gasteiger partial charge in [0.25, 0.3) is 0 Å². The lowest BCUT2D eigenvalue weighted by molar-refractivity contribution is -0.134. The number of methoxy groups -OCH3 is 1. The summed E-state index contributed by atoms with van der Waals surface area (Å²) in [6.45, 7) is 7.12. The highest BCUT2D eigenvalue weighted by atomic mass is 35.5. The standard InChI is InChI=1S/C26H33ClN2O4/c1-26(2,3)33-25(31)28-15-13-21(14-16-28)29(18-20-7-5-6-8-23(20)27)24(30)17-19-9-11-22(32-4)12-10-19/h5-12,21H,13-18H2,1-4H3. The fraction of sp³-hybridized carbons (Fsp3) is 0.462. The Morgan fingerprint density at radius 3 is 2.27 bits per heavy atom. The molecule has 1 aliphatic heterocycles.